The molecule has 1 aromatic heterocycles. The molecule has 84 valence electrons. The van der Waals surface area contributed by atoms with E-state index in [0.717, 1.165) is 18.2 Å². The highest BCUT2D eigenvalue weighted by atomic mass is 16.3. The van der Waals surface area contributed by atoms with Gasteiger partial charge in [0.05, 0.1) is 6.26 Å². The summed E-state index contributed by atoms with van der Waals surface area (Å²) < 4.78 is 5.67. The first-order chi connectivity index (χ1) is 7.75. The van der Waals surface area contributed by atoms with E-state index >= 15 is 0 Å². The SMILES string of the molecule is Cc1ccc2c(CNC3CC3)coc2c1C. The van der Waals surface area contributed by atoms with Gasteiger partial charge in [-0.15, -0.1) is 0 Å². The van der Waals surface area contributed by atoms with Gasteiger partial charge in [-0.05, 0) is 37.8 Å². The first-order valence-corrected chi connectivity index (χ1v) is 5.95. The van der Waals surface area contributed by atoms with Crippen LogP contribution in [0.3, 0.4) is 0 Å². The van der Waals surface area contributed by atoms with Crippen molar-refractivity contribution in [1.82, 2.24) is 5.32 Å². The summed E-state index contributed by atoms with van der Waals surface area (Å²) in [4.78, 5) is 0. The number of furan rings is 1. The molecule has 0 aliphatic heterocycles. The minimum absolute atomic E-state index is 0.747. The summed E-state index contributed by atoms with van der Waals surface area (Å²) in [5, 5.41) is 4.79. The van der Waals surface area contributed by atoms with Crippen LogP contribution in [0.4, 0.5) is 0 Å². The van der Waals surface area contributed by atoms with Crippen LogP contribution in [0, 0.1) is 13.8 Å². The van der Waals surface area contributed by atoms with Gasteiger partial charge in [-0.25, -0.2) is 0 Å². The molecule has 0 bridgehead atoms. The highest BCUT2D eigenvalue weighted by molar-refractivity contribution is 5.84. The summed E-state index contributed by atoms with van der Waals surface area (Å²) in [7, 11) is 0. The lowest BCUT2D eigenvalue weighted by molar-refractivity contribution is 0.599. The number of benzene rings is 1. The molecule has 0 atom stereocenters. The quantitative estimate of drug-likeness (QED) is 0.849. The second-order valence-electron chi connectivity index (χ2n) is 4.80. The van der Waals surface area contributed by atoms with Crippen LogP contribution in [0.15, 0.2) is 22.8 Å². The smallest absolute Gasteiger partial charge is 0.137 e. The molecule has 0 unspecified atom stereocenters. The number of fused-ring (bicyclic) bond motifs is 1. The molecule has 1 saturated carbocycles. The van der Waals surface area contributed by atoms with E-state index < -0.39 is 0 Å². The zero-order chi connectivity index (χ0) is 11.1. The molecule has 1 N–H and O–H groups in total. The average Bonchev–Trinajstić information content (AvgIpc) is 3.01. The van der Waals surface area contributed by atoms with Crippen molar-refractivity contribution in [2.24, 2.45) is 0 Å². The zero-order valence-electron chi connectivity index (χ0n) is 9.84. The molecule has 1 aliphatic carbocycles. The van der Waals surface area contributed by atoms with Gasteiger partial charge >= 0.3 is 0 Å². The third-order valence-electron chi connectivity index (χ3n) is 3.50. The largest absolute Gasteiger partial charge is 0.464 e. The van der Waals surface area contributed by atoms with Crippen molar-refractivity contribution in [2.75, 3.05) is 0 Å². The summed E-state index contributed by atoms with van der Waals surface area (Å²) in [6.45, 7) is 5.18. The Balaban J connectivity index is 1.96. The van der Waals surface area contributed by atoms with Gasteiger partial charge in [0.2, 0.25) is 0 Å². The zero-order valence-corrected chi connectivity index (χ0v) is 9.84. The molecule has 0 spiro atoms. The summed E-state index contributed by atoms with van der Waals surface area (Å²) in [5.41, 5.74) is 4.89. The fourth-order valence-corrected chi connectivity index (χ4v) is 2.07. The predicted octanol–water partition coefficient (Wildman–Crippen LogP) is 3.30. The van der Waals surface area contributed by atoms with E-state index in [1.165, 1.54) is 34.9 Å². The van der Waals surface area contributed by atoms with Crippen LogP contribution in [-0.4, -0.2) is 6.04 Å². The molecule has 2 heteroatoms. The maximum atomic E-state index is 5.67. The van der Waals surface area contributed by atoms with Gasteiger partial charge in [-0.2, -0.15) is 0 Å². The van der Waals surface area contributed by atoms with E-state index in [2.05, 4.69) is 31.3 Å². The van der Waals surface area contributed by atoms with Crippen LogP contribution in [0.1, 0.15) is 29.5 Å². The van der Waals surface area contributed by atoms with E-state index in [4.69, 9.17) is 4.42 Å². The maximum Gasteiger partial charge on any atom is 0.137 e. The lowest BCUT2D eigenvalue weighted by atomic mass is 10.1. The van der Waals surface area contributed by atoms with Gasteiger partial charge in [0.15, 0.2) is 0 Å². The minimum atomic E-state index is 0.747. The molecule has 2 aromatic rings. The third-order valence-corrected chi connectivity index (χ3v) is 3.50. The van der Waals surface area contributed by atoms with Gasteiger partial charge in [0.25, 0.3) is 0 Å². The Morgan fingerprint density at radius 3 is 2.88 bits per heavy atom. The molecule has 16 heavy (non-hydrogen) atoms. The Hall–Kier alpha value is -1.28. The fraction of sp³-hybridized carbons (Fsp3) is 0.429. The Morgan fingerprint density at radius 2 is 2.12 bits per heavy atom. The molecule has 0 radical (unpaired) electrons. The van der Waals surface area contributed by atoms with Crippen LogP contribution in [0.25, 0.3) is 11.0 Å². The van der Waals surface area contributed by atoms with Gasteiger partial charge in [-0.3, -0.25) is 0 Å². The van der Waals surface area contributed by atoms with E-state index in [-0.39, 0.29) is 0 Å². The van der Waals surface area contributed by atoms with Crippen molar-refractivity contribution in [3.05, 3.63) is 35.1 Å². The summed E-state index contributed by atoms with van der Waals surface area (Å²) in [6, 6.07) is 5.09. The number of hydrogen-bond acceptors (Lipinski definition) is 2. The fourth-order valence-electron chi connectivity index (χ4n) is 2.07. The Morgan fingerprint density at radius 1 is 1.31 bits per heavy atom. The normalized spacial score (nSPS) is 15.9. The first kappa shape index (κ1) is 9.91. The van der Waals surface area contributed by atoms with Crippen LogP contribution in [-0.2, 0) is 6.54 Å². The van der Waals surface area contributed by atoms with Crippen LogP contribution < -0.4 is 5.32 Å². The van der Waals surface area contributed by atoms with Crippen molar-refractivity contribution >= 4 is 11.0 Å². The standard InChI is InChI=1S/C14H17NO/c1-9-3-6-13-11(7-15-12-4-5-12)8-16-14(13)10(9)2/h3,6,8,12,15H,4-5,7H2,1-2H3. The van der Waals surface area contributed by atoms with Crippen LogP contribution in [0.5, 0.6) is 0 Å². The molecular weight excluding hydrogens is 198 g/mol. The number of aryl methyl sites for hydroxylation is 2. The summed E-state index contributed by atoms with van der Waals surface area (Å²) in [6.07, 6.45) is 4.55. The van der Waals surface area contributed by atoms with Crippen molar-refractivity contribution in [3.8, 4) is 0 Å². The Bertz CT molecular complexity index is 523. The van der Waals surface area contributed by atoms with E-state index in [0.29, 0.717) is 0 Å². The predicted molar refractivity (Wildman–Crippen MR) is 65.5 cm³/mol. The monoisotopic (exact) mass is 215 g/mol. The van der Waals surface area contributed by atoms with E-state index in [9.17, 15) is 0 Å². The average molecular weight is 215 g/mol. The topological polar surface area (TPSA) is 25.2 Å². The van der Waals surface area contributed by atoms with Crippen LogP contribution in [0.2, 0.25) is 0 Å². The Kier molecular flexibility index (Phi) is 2.25. The third kappa shape index (κ3) is 1.63. The minimum Gasteiger partial charge on any atom is -0.464 e. The van der Waals surface area contributed by atoms with Crippen molar-refractivity contribution in [1.29, 1.82) is 0 Å². The van der Waals surface area contributed by atoms with E-state index in [1.54, 1.807) is 0 Å². The van der Waals surface area contributed by atoms with Crippen LogP contribution >= 0.6 is 0 Å². The first-order valence-electron chi connectivity index (χ1n) is 5.95. The summed E-state index contributed by atoms with van der Waals surface area (Å²) in [5.74, 6) is 0. The molecule has 1 aliphatic rings. The maximum absolute atomic E-state index is 5.67. The molecule has 3 rings (SSSR count). The number of nitrogens with one attached hydrogen (secondary N) is 1. The lowest BCUT2D eigenvalue weighted by Crippen LogP contribution is -2.14. The van der Waals surface area contributed by atoms with Crippen molar-refractivity contribution in [3.63, 3.8) is 0 Å². The molecular formula is C14H17NO. The van der Waals surface area contributed by atoms with E-state index in [1.807, 2.05) is 6.26 Å². The molecule has 0 saturated heterocycles. The molecule has 1 heterocycles. The highest BCUT2D eigenvalue weighted by Gasteiger charge is 2.20. The molecule has 0 amide bonds. The second-order valence-corrected chi connectivity index (χ2v) is 4.80. The van der Waals surface area contributed by atoms with Crippen molar-refractivity contribution < 1.29 is 4.42 Å². The van der Waals surface area contributed by atoms with Gasteiger partial charge < -0.3 is 9.73 Å². The molecule has 1 aromatic carbocycles. The summed E-state index contributed by atoms with van der Waals surface area (Å²) >= 11 is 0. The highest BCUT2D eigenvalue weighted by Crippen LogP contribution is 2.27. The lowest BCUT2D eigenvalue weighted by Gasteiger charge is -2.02. The van der Waals surface area contributed by atoms with Gasteiger partial charge in [0, 0.05) is 23.5 Å². The number of hydrogen-bond donors (Lipinski definition) is 1. The molecule has 1 fully saturated rings. The van der Waals surface area contributed by atoms with Crippen molar-refractivity contribution in [2.45, 2.75) is 39.3 Å². The number of rotatable bonds is 3. The second kappa shape index (κ2) is 3.63. The Labute approximate surface area is 95.6 Å². The van der Waals surface area contributed by atoms with Gasteiger partial charge in [-0.1, -0.05) is 12.1 Å². The molecule has 2 nitrogen and oxygen atoms in total. The van der Waals surface area contributed by atoms with Gasteiger partial charge in [0.1, 0.15) is 5.58 Å².